The lowest BCUT2D eigenvalue weighted by Crippen LogP contribution is -2.10. The largest absolute Gasteiger partial charge is 0.497 e. The predicted octanol–water partition coefficient (Wildman–Crippen LogP) is 3.45. The van der Waals surface area contributed by atoms with Crippen molar-refractivity contribution in [2.24, 2.45) is 0 Å². The van der Waals surface area contributed by atoms with Crippen LogP contribution in [0.25, 0.3) is 6.08 Å². The highest BCUT2D eigenvalue weighted by Gasteiger charge is 2.07. The minimum absolute atomic E-state index is 0.00361. The first kappa shape index (κ1) is 19.0. The van der Waals surface area contributed by atoms with E-state index in [0.29, 0.717) is 22.7 Å². The first-order chi connectivity index (χ1) is 12.4. The van der Waals surface area contributed by atoms with Crippen LogP contribution in [-0.2, 0) is 9.59 Å². The minimum Gasteiger partial charge on any atom is -0.497 e. The summed E-state index contributed by atoms with van der Waals surface area (Å²) in [6, 6.07) is 9.12. The van der Waals surface area contributed by atoms with Crippen molar-refractivity contribution >= 4 is 29.3 Å². The topological polar surface area (TPSA) is 76.7 Å². The molecule has 2 amide bonds. The van der Waals surface area contributed by atoms with Crippen LogP contribution in [0.1, 0.15) is 12.5 Å². The lowest BCUT2D eigenvalue weighted by Gasteiger charge is -2.08. The van der Waals surface area contributed by atoms with Crippen LogP contribution in [0, 0.1) is 5.82 Å². The molecular formula is C19H19FN2O4. The molecule has 0 fully saturated rings. The number of nitrogens with one attached hydrogen (secondary N) is 2. The zero-order valence-corrected chi connectivity index (χ0v) is 14.6. The number of benzene rings is 2. The standard InChI is InChI=1S/C19H19FN2O4/c1-12(23)21-17-10-14(6-8-16(17)20)22-19(24)9-5-13-4-7-15(25-2)11-18(13)26-3/h4-11H,1-3H3,(H,21,23)(H,22,24)/b9-5+. The van der Waals surface area contributed by atoms with Gasteiger partial charge in [-0.05, 0) is 36.4 Å². The van der Waals surface area contributed by atoms with Crippen LogP contribution in [-0.4, -0.2) is 26.0 Å². The molecule has 0 heterocycles. The Hall–Kier alpha value is -3.35. The first-order valence-corrected chi connectivity index (χ1v) is 7.71. The van der Waals surface area contributed by atoms with Crippen LogP contribution < -0.4 is 20.1 Å². The van der Waals surface area contributed by atoms with Gasteiger partial charge in [-0.3, -0.25) is 9.59 Å². The van der Waals surface area contributed by atoms with Gasteiger partial charge in [0.15, 0.2) is 0 Å². The van der Waals surface area contributed by atoms with Gasteiger partial charge in [0.25, 0.3) is 0 Å². The number of hydrogen-bond donors (Lipinski definition) is 2. The molecule has 0 saturated heterocycles. The number of anilines is 2. The van der Waals surface area contributed by atoms with Crippen molar-refractivity contribution < 1.29 is 23.5 Å². The van der Waals surface area contributed by atoms with Crippen molar-refractivity contribution in [3.8, 4) is 11.5 Å². The Balaban J connectivity index is 2.11. The number of carbonyl (C=O) groups excluding carboxylic acids is 2. The molecule has 0 atom stereocenters. The molecule has 26 heavy (non-hydrogen) atoms. The van der Waals surface area contributed by atoms with Crippen molar-refractivity contribution in [3.05, 3.63) is 53.9 Å². The molecule has 2 rings (SSSR count). The first-order valence-electron chi connectivity index (χ1n) is 7.71. The van der Waals surface area contributed by atoms with Gasteiger partial charge in [-0.2, -0.15) is 0 Å². The molecule has 7 heteroatoms. The maximum absolute atomic E-state index is 13.6. The van der Waals surface area contributed by atoms with Crippen LogP contribution in [0.5, 0.6) is 11.5 Å². The highest BCUT2D eigenvalue weighted by atomic mass is 19.1. The third kappa shape index (κ3) is 5.07. The van der Waals surface area contributed by atoms with Gasteiger partial charge in [0.05, 0.1) is 19.9 Å². The molecule has 2 aromatic carbocycles. The van der Waals surface area contributed by atoms with Crippen LogP contribution in [0.15, 0.2) is 42.5 Å². The third-order valence-electron chi connectivity index (χ3n) is 3.40. The molecule has 0 aliphatic heterocycles. The van der Waals surface area contributed by atoms with E-state index in [4.69, 9.17) is 9.47 Å². The van der Waals surface area contributed by atoms with Crippen LogP contribution >= 0.6 is 0 Å². The lowest BCUT2D eigenvalue weighted by atomic mass is 10.1. The lowest BCUT2D eigenvalue weighted by molar-refractivity contribution is -0.114. The summed E-state index contributed by atoms with van der Waals surface area (Å²) < 4.78 is 24.0. The second-order valence-corrected chi connectivity index (χ2v) is 5.31. The molecule has 0 unspecified atom stereocenters. The Morgan fingerprint density at radius 3 is 2.46 bits per heavy atom. The summed E-state index contributed by atoms with van der Waals surface area (Å²) in [4.78, 5) is 23.1. The summed E-state index contributed by atoms with van der Waals surface area (Å²) in [6.45, 7) is 1.27. The SMILES string of the molecule is COc1ccc(/C=C/C(=O)Nc2ccc(F)c(NC(C)=O)c2)c(OC)c1. The van der Waals surface area contributed by atoms with Gasteiger partial charge in [0, 0.05) is 30.3 Å². The van der Waals surface area contributed by atoms with Crippen molar-refractivity contribution in [1.82, 2.24) is 0 Å². The molecular weight excluding hydrogens is 339 g/mol. The zero-order valence-electron chi connectivity index (χ0n) is 14.6. The van der Waals surface area contributed by atoms with Gasteiger partial charge in [-0.25, -0.2) is 4.39 Å². The molecule has 0 aromatic heterocycles. The maximum atomic E-state index is 13.6. The quantitative estimate of drug-likeness (QED) is 0.776. The summed E-state index contributed by atoms with van der Waals surface area (Å²) in [6.07, 6.45) is 2.91. The maximum Gasteiger partial charge on any atom is 0.248 e. The van der Waals surface area contributed by atoms with E-state index in [2.05, 4.69) is 10.6 Å². The van der Waals surface area contributed by atoms with Gasteiger partial charge < -0.3 is 20.1 Å². The van der Waals surface area contributed by atoms with E-state index >= 15 is 0 Å². The van der Waals surface area contributed by atoms with Crippen LogP contribution in [0.3, 0.4) is 0 Å². The molecule has 136 valence electrons. The molecule has 2 aromatic rings. The number of rotatable bonds is 6. The average Bonchev–Trinajstić information content (AvgIpc) is 2.62. The smallest absolute Gasteiger partial charge is 0.248 e. The number of hydrogen-bond acceptors (Lipinski definition) is 4. The molecule has 0 bridgehead atoms. The third-order valence-corrected chi connectivity index (χ3v) is 3.40. The molecule has 0 saturated carbocycles. The molecule has 0 radical (unpaired) electrons. The second-order valence-electron chi connectivity index (χ2n) is 5.31. The fraction of sp³-hybridized carbons (Fsp3) is 0.158. The van der Waals surface area contributed by atoms with E-state index < -0.39 is 17.6 Å². The summed E-state index contributed by atoms with van der Waals surface area (Å²) in [5.41, 5.74) is 1.05. The second kappa shape index (κ2) is 8.66. The summed E-state index contributed by atoms with van der Waals surface area (Å²) >= 11 is 0. The van der Waals surface area contributed by atoms with Crippen LogP contribution in [0.4, 0.5) is 15.8 Å². The Labute approximate surface area is 150 Å². The van der Waals surface area contributed by atoms with E-state index in [9.17, 15) is 14.0 Å². The summed E-state index contributed by atoms with van der Waals surface area (Å²) in [7, 11) is 3.07. The van der Waals surface area contributed by atoms with Crippen molar-refractivity contribution in [2.45, 2.75) is 6.92 Å². The fourth-order valence-corrected chi connectivity index (χ4v) is 2.19. The van der Waals surface area contributed by atoms with E-state index in [1.807, 2.05) is 0 Å². The van der Waals surface area contributed by atoms with E-state index in [1.165, 1.54) is 32.2 Å². The Bertz CT molecular complexity index is 849. The van der Waals surface area contributed by atoms with Gasteiger partial charge in [-0.15, -0.1) is 0 Å². The summed E-state index contributed by atoms with van der Waals surface area (Å²) in [5, 5.41) is 4.96. The molecule has 0 spiro atoms. The summed E-state index contributed by atoms with van der Waals surface area (Å²) in [5.74, 6) is -0.206. The molecule has 0 aliphatic carbocycles. The normalized spacial score (nSPS) is 10.5. The minimum atomic E-state index is -0.586. The van der Waals surface area contributed by atoms with Gasteiger partial charge in [0.1, 0.15) is 17.3 Å². The van der Waals surface area contributed by atoms with Crippen molar-refractivity contribution in [1.29, 1.82) is 0 Å². The van der Waals surface area contributed by atoms with E-state index in [0.717, 1.165) is 6.07 Å². The Kier molecular flexibility index (Phi) is 6.32. The number of ether oxygens (including phenoxy) is 2. The molecule has 2 N–H and O–H groups in total. The highest BCUT2D eigenvalue weighted by molar-refractivity contribution is 6.02. The monoisotopic (exact) mass is 358 g/mol. The number of amides is 2. The van der Waals surface area contributed by atoms with Crippen molar-refractivity contribution in [2.75, 3.05) is 24.9 Å². The zero-order chi connectivity index (χ0) is 19.1. The van der Waals surface area contributed by atoms with Crippen LogP contribution in [0.2, 0.25) is 0 Å². The number of carbonyl (C=O) groups is 2. The Morgan fingerprint density at radius 1 is 1.04 bits per heavy atom. The average molecular weight is 358 g/mol. The number of halogens is 1. The van der Waals surface area contributed by atoms with Gasteiger partial charge in [-0.1, -0.05) is 0 Å². The number of methoxy groups -OCH3 is 2. The van der Waals surface area contributed by atoms with E-state index in [1.54, 1.807) is 31.4 Å². The molecule has 6 nitrogen and oxygen atoms in total. The predicted molar refractivity (Wildman–Crippen MR) is 97.9 cm³/mol. The van der Waals surface area contributed by atoms with Gasteiger partial charge >= 0.3 is 0 Å². The van der Waals surface area contributed by atoms with Gasteiger partial charge in [0.2, 0.25) is 11.8 Å². The molecule has 0 aliphatic rings. The van der Waals surface area contributed by atoms with E-state index in [-0.39, 0.29) is 5.69 Å². The Morgan fingerprint density at radius 2 is 1.81 bits per heavy atom. The highest BCUT2D eigenvalue weighted by Crippen LogP contribution is 2.25. The van der Waals surface area contributed by atoms with Crippen molar-refractivity contribution in [3.63, 3.8) is 0 Å². The fourth-order valence-electron chi connectivity index (χ4n) is 2.19.